The van der Waals surface area contributed by atoms with Crippen LogP contribution < -0.4 is 11.1 Å². The summed E-state index contributed by atoms with van der Waals surface area (Å²) in [4.78, 5) is 39.1. The van der Waals surface area contributed by atoms with Crippen molar-refractivity contribution in [2.75, 3.05) is 11.9 Å². The highest BCUT2D eigenvalue weighted by Crippen LogP contribution is 2.33. The SMILES string of the molecule is NC(=O)c1nn(CC(=O)N2CC(F)C[C@H]2C(=O)Nc2cccc(-c3ccccc3Cl)c2F)c2ccsc12. The van der Waals surface area contributed by atoms with Gasteiger partial charge in [0.25, 0.3) is 5.91 Å². The zero-order chi connectivity index (χ0) is 26.3. The minimum Gasteiger partial charge on any atom is -0.364 e. The predicted molar refractivity (Wildman–Crippen MR) is 137 cm³/mol. The van der Waals surface area contributed by atoms with E-state index >= 15 is 4.39 Å². The van der Waals surface area contributed by atoms with Gasteiger partial charge in [0, 0.05) is 22.6 Å². The van der Waals surface area contributed by atoms with E-state index in [-0.39, 0.29) is 36.5 Å². The van der Waals surface area contributed by atoms with Crippen LogP contribution in [0.5, 0.6) is 0 Å². The number of aromatic nitrogens is 2. The van der Waals surface area contributed by atoms with E-state index in [0.717, 1.165) is 4.90 Å². The first-order valence-corrected chi connectivity index (χ1v) is 12.5. The molecule has 190 valence electrons. The Balaban J connectivity index is 1.37. The molecule has 0 aliphatic carbocycles. The first-order chi connectivity index (χ1) is 17.7. The predicted octanol–water partition coefficient (Wildman–Crippen LogP) is 4.23. The Kier molecular flexibility index (Phi) is 6.65. The Morgan fingerprint density at radius 1 is 1.14 bits per heavy atom. The summed E-state index contributed by atoms with van der Waals surface area (Å²) in [5, 5.41) is 8.69. The number of rotatable bonds is 6. The number of nitrogens with zero attached hydrogens (tertiary/aromatic N) is 3. The zero-order valence-electron chi connectivity index (χ0n) is 19.2. The molecule has 3 heterocycles. The molecule has 0 saturated carbocycles. The van der Waals surface area contributed by atoms with Crippen LogP contribution in [-0.2, 0) is 16.1 Å². The molecule has 1 saturated heterocycles. The smallest absolute Gasteiger partial charge is 0.270 e. The van der Waals surface area contributed by atoms with Crippen molar-refractivity contribution in [3.8, 4) is 11.1 Å². The normalized spacial score (nSPS) is 17.3. The van der Waals surface area contributed by atoms with E-state index in [2.05, 4.69) is 10.4 Å². The van der Waals surface area contributed by atoms with Gasteiger partial charge in [0.15, 0.2) is 11.5 Å². The second kappa shape index (κ2) is 9.91. The lowest BCUT2D eigenvalue weighted by Crippen LogP contribution is -2.44. The number of hydrogen-bond acceptors (Lipinski definition) is 5. The molecule has 1 aliphatic heterocycles. The monoisotopic (exact) mass is 543 g/mol. The summed E-state index contributed by atoms with van der Waals surface area (Å²) < 4.78 is 31.6. The third-order valence-corrected chi connectivity index (χ3v) is 7.41. The summed E-state index contributed by atoms with van der Waals surface area (Å²) in [5.41, 5.74) is 6.47. The second-order valence-electron chi connectivity index (χ2n) is 8.54. The number of amides is 3. The Morgan fingerprint density at radius 2 is 1.89 bits per heavy atom. The number of primary amides is 1. The molecule has 8 nitrogen and oxygen atoms in total. The number of nitrogens with one attached hydrogen (secondary N) is 1. The summed E-state index contributed by atoms with van der Waals surface area (Å²) >= 11 is 7.46. The summed E-state index contributed by atoms with van der Waals surface area (Å²) in [5.74, 6) is -2.73. The molecule has 1 unspecified atom stereocenters. The van der Waals surface area contributed by atoms with Gasteiger partial charge in [-0.1, -0.05) is 41.9 Å². The van der Waals surface area contributed by atoms with E-state index in [4.69, 9.17) is 17.3 Å². The van der Waals surface area contributed by atoms with E-state index in [9.17, 15) is 18.8 Å². The Hall–Kier alpha value is -3.83. The third-order valence-electron chi connectivity index (χ3n) is 6.17. The molecular formula is C25H20ClF2N5O3S. The highest BCUT2D eigenvalue weighted by atomic mass is 35.5. The van der Waals surface area contributed by atoms with Gasteiger partial charge in [0.1, 0.15) is 18.8 Å². The highest BCUT2D eigenvalue weighted by Gasteiger charge is 2.40. The molecule has 0 bridgehead atoms. The van der Waals surface area contributed by atoms with E-state index in [1.54, 1.807) is 41.8 Å². The first-order valence-electron chi connectivity index (χ1n) is 11.3. The van der Waals surface area contributed by atoms with Crippen molar-refractivity contribution < 1.29 is 23.2 Å². The van der Waals surface area contributed by atoms with Crippen LogP contribution in [0.1, 0.15) is 16.9 Å². The van der Waals surface area contributed by atoms with E-state index in [1.165, 1.54) is 28.2 Å². The number of fused-ring (bicyclic) bond motifs is 1. The number of benzene rings is 2. The summed E-state index contributed by atoms with van der Waals surface area (Å²) in [7, 11) is 0. The summed E-state index contributed by atoms with van der Waals surface area (Å²) in [6, 6.07) is 11.7. The lowest BCUT2D eigenvalue weighted by Gasteiger charge is -2.24. The Morgan fingerprint density at radius 3 is 2.65 bits per heavy atom. The number of nitrogens with two attached hydrogens (primary N) is 1. The van der Waals surface area contributed by atoms with E-state index in [1.807, 2.05) is 0 Å². The van der Waals surface area contributed by atoms with Gasteiger partial charge in [0.05, 0.1) is 22.4 Å². The molecule has 0 spiro atoms. The molecule has 12 heteroatoms. The van der Waals surface area contributed by atoms with Gasteiger partial charge in [-0.05, 0) is 23.6 Å². The molecule has 2 atom stereocenters. The van der Waals surface area contributed by atoms with Crippen molar-refractivity contribution >= 4 is 56.6 Å². The molecule has 5 rings (SSSR count). The average molecular weight is 544 g/mol. The van der Waals surface area contributed by atoms with Gasteiger partial charge in [-0.15, -0.1) is 11.3 Å². The van der Waals surface area contributed by atoms with Crippen LogP contribution in [0.25, 0.3) is 21.3 Å². The lowest BCUT2D eigenvalue weighted by atomic mass is 10.0. The van der Waals surface area contributed by atoms with Gasteiger partial charge < -0.3 is 16.0 Å². The van der Waals surface area contributed by atoms with Crippen molar-refractivity contribution in [2.24, 2.45) is 5.73 Å². The molecule has 2 aromatic heterocycles. The fourth-order valence-corrected chi connectivity index (χ4v) is 5.56. The molecule has 1 fully saturated rings. The molecule has 37 heavy (non-hydrogen) atoms. The van der Waals surface area contributed by atoms with Gasteiger partial charge >= 0.3 is 0 Å². The second-order valence-corrected chi connectivity index (χ2v) is 9.86. The van der Waals surface area contributed by atoms with Gasteiger partial charge in [-0.25, -0.2) is 8.78 Å². The number of anilines is 1. The lowest BCUT2D eigenvalue weighted by molar-refractivity contribution is -0.137. The molecule has 3 N–H and O–H groups in total. The van der Waals surface area contributed by atoms with E-state index < -0.39 is 35.8 Å². The maximum Gasteiger partial charge on any atom is 0.270 e. The quantitative estimate of drug-likeness (QED) is 0.379. The topological polar surface area (TPSA) is 110 Å². The molecule has 1 aliphatic rings. The van der Waals surface area contributed by atoms with Crippen LogP contribution in [0.15, 0.2) is 53.9 Å². The average Bonchev–Trinajstić information content (AvgIpc) is 3.57. The van der Waals surface area contributed by atoms with Crippen LogP contribution in [-0.4, -0.2) is 51.2 Å². The highest BCUT2D eigenvalue weighted by molar-refractivity contribution is 7.17. The largest absolute Gasteiger partial charge is 0.364 e. The van der Waals surface area contributed by atoms with Crippen molar-refractivity contribution in [3.05, 3.63) is 70.4 Å². The van der Waals surface area contributed by atoms with Crippen molar-refractivity contribution in [1.29, 1.82) is 0 Å². The van der Waals surface area contributed by atoms with Crippen LogP contribution in [0.2, 0.25) is 5.02 Å². The van der Waals surface area contributed by atoms with Crippen LogP contribution in [0.3, 0.4) is 0 Å². The van der Waals surface area contributed by atoms with Crippen LogP contribution >= 0.6 is 22.9 Å². The molecule has 4 aromatic rings. The van der Waals surface area contributed by atoms with Gasteiger partial charge in [-0.2, -0.15) is 5.10 Å². The fraction of sp³-hybridized carbons (Fsp3) is 0.200. The van der Waals surface area contributed by atoms with Crippen molar-refractivity contribution in [2.45, 2.75) is 25.2 Å². The van der Waals surface area contributed by atoms with E-state index in [0.29, 0.717) is 20.8 Å². The number of halogens is 3. The number of thiophene rings is 1. The third kappa shape index (κ3) is 4.67. The maximum atomic E-state index is 15.3. The van der Waals surface area contributed by atoms with Gasteiger partial charge in [0.2, 0.25) is 11.8 Å². The van der Waals surface area contributed by atoms with Crippen LogP contribution in [0, 0.1) is 5.82 Å². The maximum absolute atomic E-state index is 15.3. The Bertz CT molecular complexity index is 1540. The minimum absolute atomic E-state index is 0.0331. The molecule has 0 radical (unpaired) electrons. The molecule has 2 aromatic carbocycles. The number of carbonyl (C=O) groups is 3. The number of hydrogen-bond donors (Lipinski definition) is 2. The molecule has 3 amide bonds. The molecular weight excluding hydrogens is 524 g/mol. The van der Waals surface area contributed by atoms with Crippen LogP contribution in [0.4, 0.5) is 14.5 Å². The Labute approximate surface area is 218 Å². The first kappa shape index (κ1) is 24.8. The van der Waals surface area contributed by atoms with Gasteiger partial charge in [-0.3, -0.25) is 19.1 Å². The number of alkyl halides is 1. The summed E-state index contributed by atoms with van der Waals surface area (Å²) in [6.45, 7) is -0.622. The standard InChI is InChI=1S/C25H20ClF2N5O3S/c26-16-6-2-1-4-14(16)15-5-3-7-17(21(15)28)30-25(36)19-10-13(27)11-32(19)20(34)12-33-18-8-9-37-23(18)22(31-33)24(29)35/h1-9,13,19H,10-12H2,(H2,29,35)(H,30,36)/t13?,19-/m0/s1. The van der Waals surface area contributed by atoms with Crippen molar-refractivity contribution in [3.63, 3.8) is 0 Å². The zero-order valence-corrected chi connectivity index (χ0v) is 20.7. The summed E-state index contributed by atoms with van der Waals surface area (Å²) in [6.07, 6.45) is -1.66. The number of carbonyl (C=O) groups excluding carboxylic acids is 3. The minimum atomic E-state index is -1.43. The number of likely N-dealkylation sites (tertiary alicyclic amines) is 1. The fourth-order valence-electron chi connectivity index (χ4n) is 4.44. The van der Waals surface area contributed by atoms with Crippen molar-refractivity contribution in [1.82, 2.24) is 14.7 Å².